The second-order valence-corrected chi connectivity index (χ2v) is 7.48. The van der Waals surface area contributed by atoms with Gasteiger partial charge < -0.3 is 9.15 Å². The van der Waals surface area contributed by atoms with Crippen molar-refractivity contribution in [3.05, 3.63) is 94.5 Å². The van der Waals surface area contributed by atoms with Crippen molar-refractivity contribution in [3.63, 3.8) is 0 Å². The average Bonchev–Trinajstić information content (AvgIpc) is 3.40. The van der Waals surface area contributed by atoms with E-state index in [4.69, 9.17) is 9.15 Å². The first-order valence-electron chi connectivity index (χ1n) is 9.38. The Hall–Kier alpha value is -3.65. The molecule has 8 heteroatoms. The minimum Gasteiger partial charge on any atom is -0.496 e. The van der Waals surface area contributed by atoms with E-state index in [-0.39, 0.29) is 12.5 Å². The Bertz CT molecular complexity index is 1170. The highest BCUT2D eigenvalue weighted by Gasteiger charge is 2.34. The summed E-state index contributed by atoms with van der Waals surface area (Å²) in [7, 11) is 1.58. The van der Waals surface area contributed by atoms with Gasteiger partial charge in [-0.25, -0.2) is 4.39 Å². The summed E-state index contributed by atoms with van der Waals surface area (Å²) >= 11 is 1.13. The van der Waals surface area contributed by atoms with Gasteiger partial charge in [0.05, 0.1) is 31.0 Å². The molecule has 156 valence electrons. The Morgan fingerprint density at radius 1 is 1.10 bits per heavy atom. The summed E-state index contributed by atoms with van der Waals surface area (Å²) in [6, 6.07) is 17.2. The lowest BCUT2D eigenvalue weighted by Gasteiger charge is -2.12. The number of benzene rings is 2. The largest absolute Gasteiger partial charge is 0.496 e. The SMILES string of the molecule is COc1ccccc1/C=N\N=C1\S/C(=C\c2ccccc2F)C(=O)N1Cc1ccco1. The topological polar surface area (TPSA) is 67.4 Å². The molecule has 0 atom stereocenters. The smallest absolute Gasteiger partial charge is 0.267 e. The molecule has 0 saturated carbocycles. The highest BCUT2D eigenvalue weighted by atomic mass is 32.2. The number of furan rings is 1. The van der Waals surface area contributed by atoms with Crippen LogP contribution in [0.2, 0.25) is 0 Å². The van der Waals surface area contributed by atoms with Crippen LogP contribution in [-0.4, -0.2) is 29.3 Å². The molecule has 0 radical (unpaired) electrons. The van der Waals surface area contributed by atoms with Crippen LogP contribution in [0.5, 0.6) is 5.75 Å². The number of amidine groups is 1. The van der Waals surface area contributed by atoms with Gasteiger partial charge in [0, 0.05) is 11.1 Å². The van der Waals surface area contributed by atoms with Crippen molar-refractivity contribution < 1.29 is 18.3 Å². The first-order valence-corrected chi connectivity index (χ1v) is 10.2. The first-order chi connectivity index (χ1) is 15.2. The summed E-state index contributed by atoms with van der Waals surface area (Å²) in [6.07, 6.45) is 4.61. The molecule has 2 heterocycles. The van der Waals surface area contributed by atoms with Crippen LogP contribution in [0.4, 0.5) is 4.39 Å². The van der Waals surface area contributed by atoms with Crippen LogP contribution in [0.15, 0.2) is 86.5 Å². The molecule has 0 aliphatic carbocycles. The lowest BCUT2D eigenvalue weighted by molar-refractivity contribution is -0.122. The van der Waals surface area contributed by atoms with Gasteiger partial charge in [0.25, 0.3) is 5.91 Å². The predicted molar refractivity (Wildman–Crippen MR) is 119 cm³/mol. The lowest BCUT2D eigenvalue weighted by Crippen LogP contribution is -2.28. The molecule has 3 aromatic rings. The molecule has 6 nitrogen and oxygen atoms in total. The number of ether oxygens (including phenoxy) is 1. The van der Waals surface area contributed by atoms with Gasteiger partial charge in [-0.2, -0.15) is 5.10 Å². The zero-order chi connectivity index (χ0) is 21.6. The number of carbonyl (C=O) groups excluding carboxylic acids is 1. The van der Waals surface area contributed by atoms with Gasteiger partial charge in [0.15, 0.2) is 5.17 Å². The standard InChI is InChI=1S/C23H18FN3O3S/c1-29-20-11-5-3-8-17(20)14-25-26-23-27(15-18-9-6-12-30-18)22(28)21(31-23)13-16-7-2-4-10-19(16)24/h2-14H,15H2,1H3/b21-13-,25-14-,26-23+. The number of methoxy groups -OCH3 is 1. The average molecular weight is 435 g/mol. The fraction of sp³-hybridized carbons (Fsp3) is 0.0870. The Labute approximate surface area is 182 Å². The summed E-state index contributed by atoms with van der Waals surface area (Å²) in [4.78, 5) is 14.8. The third kappa shape index (κ3) is 4.75. The molecule has 1 aromatic heterocycles. The highest BCUT2D eigenvalue weighted by Crippen LogP contribution is 2.34. The fourth-order valence-corrected chi connectivity index (χ4v) is 3.85. The van der Waals surface area contributed by atoms with Crippen molar-refractivity contribution in [1.82, 2.24) is 4.90 Å². The van der Waals surface area contributed by atoms with E-state index in [1.54, 1.807) is 43.7 Å². The van der Waals surface area contributed by atoms with E-state index in [9.17, 15) is 9.18 Å². The number of para-hydroxylation sites is 1. The molecular formula is C23H18FN3O3S. The minimum absolute atomic E-state index is 0.191. The zero-order valence-corrected chi connectivity index (χ0v) is 17.4. The van der Waals surface area contributed by atoms with Gasteiger partial charge in [-0.1, -0.05) is 30.3 Å². The molecule has 4 rings (SSSR count). The fourth-order valence-electron chi connectivity index (χ4n) is 2.93. The normalized spacial score (nSPS) is 16.7. The maximum Gasteiger partial charge on any atom is 0.267 e. The van der Waals surface area contributed by atoms with Crippen LogP contribution >= 0.6 is 11.8 Å². The number of thioether (sulfide) groups is 1. The molecule has 0 unspecified atom stereocenters. The number of nitrogens with zero attached hydrogens (tertiary/aromatic N) is 3. The molecular weight excluding hydrogens is 417 g/mol. The van der Waals surface area contributed by atoms with Crippen LogP contribution in [-0.2, 0) is 11.3 Å². The summed E-state index contributed by atoms with van der Waals surface area (Å²) < 4.78 is 24.8. The van der Waals surface area contributed by atoms with E-state index in [1.165, 1.54) is 23.3 Å². The summed E-state index contributed by atoms with van der Waals surface area (Å²) in [6.45, 7) is 0.191. The van der Waals surface area contributed by atoms with Gasteiger partial charge >= 0.3 is 0 Å². The quantitative estimate of drug-likeness (QED) is 0.313. The van der Waals surface area contributed by atoms with E-state index < -0.39 is 5.82 Å². The molecule has 1 saturated heterocycles. The molecule has 1 aliphatic rings. The summed E-state index contributed by atoms with van der Waals surface area (Å²) in [5, 5.41) is 8.75. The van der Waals surface area contributed by atoms with Crippen LogP contribution in [0.1, 0.15) is 16.9 Å². The van der Waals surface area contributed by atoms with E-state index in [2.05, 4.69) is 10.2 Å². The van der Waals surface area contributed by atoms with Crippen LogP contribution in [0, 0.1) is 5.82 Å². The number of hydrogen-bond donors (Lipinski definition) is 0. The maximum atomic E-state index is 14.1. The van der Waals surface area contributed by atoms with Crippen molar-refractivity contribution in [2.75, 3.05) is 7.11 Å². The summed E-state index contributed by atoms with van der Waals surface area (Å²) in [5.74, 6) is 0.563. The molecule has 31 heavy (non-hydrogen) atoms. The first kappa shape index (κ1) is 20.6. The zero-order valence-electron chi connectivity index (χ0n) is 16.6. The van der Waals surface area contributed by atoms with Crippen molar-refractivity contribution in [1.29, 1.82) is 0 Å². The third-order valence-electron chi connectivity index (χ3n) is 4.45. The molecule has 1 fully saturated rings. The predicted octanol–water partition coefficient (Wildman–Crippen LogP) is 4.93. The summed E-state index contributed by atoms with van der Waals surface area (Å²) in [5.41, 5.74) is 1.08. The van der Waals surface area contributed by atoms with Crippen molar-refractivity contribution in [2.45, 2.75) is 6.54 Å². The number of amides is 1. The second kappa shape index (κ2) is 9.44. The molecule has 0 spiro atoms. The van der Waals surface area contributed by atoms with Gasteiger partial charge in [0.1, 0.15) is 17.3 Å². The number of rotatable bonds is 6. The van der Waals surface area contributed by atoms with Crippen molar-refractivity contribution >= 4 is 35.1 Å². The monoisotopic (exact) mass is 435 g/mol. The van der Waals surface area contributed by atoms with Crippen molar-refractivity contribution in [3.8, 4) is 5.75 Å². The molecule has 1 amide bonds. The van der Waals surface area contributed by atoms with Gasteiger partial charge in [0.2, 0.25) is 0 Å². The number of hydrogen-bond acceptors (Lipinski definition) is 6. The third-order valence-corrected chi connectivity index (χ3v) is 5.45. The Balaban J connectivity index is 1.65. The van der Waals surface area contributed by atoms with Crippen molar-refractivity contribution in [2.24, 2.45) is 10.2 Å². The minimum atomic E-state index is -0.402. The van der Waals surface area contributed by atoms with E-state index in [1.807, 2.05) is 24.3 Å². The maximum absolute atomic E-state index is 14.1. The lowest BCUT2D eigenvalue weighted by atomic mass is 10.2. The second-order valence-electron chi connectivity index (χ2n) is 6.47. The van der Waals surface area contributed by atoms with Gasteiger partial charge in [-0.05, 0) is 48.2 Å². The number of halogens is 1. The van der Waals surface area contributed by atoms with Gasteiger partial charge in [-0.3, -0.25) is 9.69 Å². The molecule has 0 bridgehead atoms. The van der Waals surface area contributed by atoms with Gasteiger partial charge in [-0.15, -0.1) is 5.10 Å². The van der Waals surface area contributed by atoms with E-state index in [0.29, 0.717) is 27.1 Å². The molecule has 1 aliphatic heterocycles. The van der Waals surface area contributed by atoms with Crippen LogP contribution < -0.4 is 4.74 Å². The molecule has 2 aromatic carbocycles. The Morgan fingerprint density at radius 3 is 2.61 bits per heavy atom. The van der Waals surface area contributed by atoms with Crippen LogP contribution in [0.25, 0.3) is 6.08 Å². The highest BCUT2D eigenvalue weighted by molar-refractivity contribution is 8.18. The Morgan fingerprint density at radius 2 is 1.87 bits per heavy atom. The van der Waals surface area contributed by atoms with E-state index >= 15 is 0 Å². The van der Waals surface area contributed by atoms with E-state index in [0.717, 1.165) is 17.3 Å². The van der Waals surface area contributed by atoms with Crippen LogP contribution in [0.3, 0.4) is 0 Å². The molecule has 0 N–H and O–H groups in total. The number of carbonyl (C=O) groups is 1. The Kier molecular flexibility index (Phi) is 6.28.